The van der Waals surface area contributed by atoms with Gasteiger partial charge in [0.05, 0.1) is 5.69 Å². The monoisotopic (exact) mass is 389 g/mol. The number of aromatic nitrogens is 1. The Bertz CT molecular complexity index is 1410. The number of pyridine rings is 1. The second-order valence-corrected chi connectivity index (χ2v) is 9.52. The first-order chi connectivity index (χ1) is 14.3. The van der Waals surface area contributed by atoms with Crippen molar-refractivity contribution in [2.75, 3.05) is 0 Å². The molecule has 0 radical (unpaired) electrons. The van der Waals surface area contributed by atoms with E-state index in [9.17, 15) is 0 Å². The van der Waals surface area contributed by atoms with Crippen molar-refractivity contribution in [3.63, 3.8) is 0 Å². The van der Waals surface area contributed by atoms with E-state index < -0.39 is 0 Å². The van der Waals surface area contributed by atoms with E-state index in [1.165, 1.54) is 54.6 Å². The minimum Gasteiger partial charge on any atom is -0.256 e. The van der Waals surface area contributed by atoms with Crippen LogP contribution in [0.5, 0.6) is 0 Å². The Morgan fingerprint density at radius 2 is 1.40 bits per heavy atom. The molecule has 0 saturated heterocycles. The zero-order chi connectivity index (χ0) is 21.0. The van der Waals surface area contributed by atoms with Gasteiger partial charge in [-0.1, -0.05) is 74.4 Å². The lowest BCUT2D eigenvalue weighted by atomic mass is 9.80. The van der Waals surface area contributed by atoms with Gasteiger partial charge >= 0.3 is 0 Å². The molecule has 148 valence electrons. The van der Waals surface area contributed by atoms with Crippen LogP contribution in [0.1, 0.15) is 37.5 Å². The molecule has 5 rings (SSSR count). The highest BCUT2D eigenvalue weighted by molar-refractivity contribution is 6.21. The van der Waals surface area contributed by atoms with Crippen molar-refractivity contribution in [2.45, 2.75) is 40.0 Å². The molecule has 0 aliphatic heterocycles. The van der Waals surface area contributed by atoms with Gasteiger partial charge < -0.3 is 0 Å². The molecule has 0 bridgehead atoms. The van der Waals surface area contributed by atoms with E-state index in [4.69, 9.17) is 4.98 Å². The van der Waals surface area contributed by atoms with Gasteiger partial charge in [-0.25, -0.2) is 0 Å². The Balaban J connectivity index is 2.02. The van der Waals surface area contributed by atoms with Crippen molar-refractivity contribution in [2.24, 2.45) is 0 Å². The summed E-state index contributed by atoms with van der Waals surface area (Å²) in [6.45, 7) is 11.2. The fraction of sp³-hybridized carbons (Fsp3) is 0.207. The molecule has 4 aromatic carbocycles. The number of benzene rings is 4. The lowest BCUT2D eigenvalue weighted by molar-refractivity contribution is 0.597. The van der Waals surface area contributed by atoms with Crippen LogP contribution >= 0.6 is 0 Å². The third-order valence-corrected chi connectivity index (χ3v) is 6.05. The normalized spacial score (nSPS) is 12.2. The lowest BCUT2D eigenvalue weighted by Gasteiger charge is -2.24. The van der Waals surface area contributed by atoms with Gasteiger partial charge in [0.1, 0.15) is 0 Å². The standard InChI is InChI=1S/C29H27N/c1-18-14-19(2)16-22(15-18)28-26-21(12-13-30-28)17-25(29(3,4)5)27-23-9-7-6-8-20(23)10-11-24(26)27/h6-17H,1-5H3. The van der Waals surface area contributed by atoms with Gasteiger partial charge in [-0.05, 0) is 76.0 Å². The largest absolute Gasteiger partial charge is 0.256 e. The summed E-state index contributed by atoms with van der Waals surface area (Å²) < 4.78 is 0. The summed E-state index contributed by atoms with van der Waals surface area (Å²) >= 11 is 0. The number of hydrogen-bond donors (Lipinski definition) is 0. The summed E-state index contributed by atoms with van der Waals surface area (Å²) in [6, 6.07) is 24.5. The van der Waals surface area contributed by atoms with Gasteiger partial charge in [0.2, 0.25) is 0 Å². The Hall–Kier alpha value is -3.19. The molecule has 0 fully saturated rings. The minimum absolute atomic E-state index is 0.0416. The smallest absolute Gasteiger partial charge is 0.0786 e. The zero-order valence-corrected chi connectivity index (χ0v) is 18.4. The minimum atomic E-state index is 0.0416. The summed E-state index contributed by atoms with van der Waals surface area (Å²) in [4.78, 5) is 4.88. The highest BCUT2D eigenvalue weighted by Crippen LogP contribution is 2.42. The Morgan fingerprint density at radius 1 is 0.667 bits per heavy atom. The third-order valence-electron chi connectivity index (χ3n) is 6.05. The molecule has 0 aliphatic carbocycles. The van der Waals surface area contributed by atoms with E-state index in [1.807, 2.05) is 6.20 Å². The second kappa shape index (κ2) is 6.67. The van der Waals surface area contributed by atoms with E-state index in [-0.39, 0.29) is 5.41 Å². The van der Waals surface area contributed by atoms with Crippen LogP contribution in [0.2, 0.25) is 0 Å². The van der Waals surface area contributed by atoms with Gasteiger partial charge in [-0.2, -0.15) is 0 Å². The molecule has 0 spiro atoms. The Kier molecular flexibility index (Phi) is 4.18. The van der Waals surface area contributed by atoms with Crippen molar-refractivity contribution < 1.29 is 0 Å². The van der Waals surface area contributed by atoms with E-state index in [0.717, 1.165) is 5.69 Å². The molecular formula is C29H27N. The van der Waals surface area contributed by atoms with E-state index in [2.05, 4.69) is 101 Å². The summed E-state index contributed by atoms with van der Waals surface area (Å²) in [5.74, 6) is 0. The van der Waals surface area contributed by atoms with Crippen molar-refractivity contribution in [1.82, 2.24) is 4.98 Å². The first kappa shape index (κ1) is 18.8. The van der Waals surface area contributed by atoms with E-state index in [0.29, 0.717) is 0 Å². The first-order valence-corrected chi connectivity index (χ1v) is 10.7. The average molecular weight is 390 g/mol. The summed E-state index contributed by atoms with van der Waals surface area (Å²) in [7, 11) is 0. The molecule has 0 atom stereocenters. The van der Waals surface area contributed by atoms with Gasteiger partial charge in [-0.3, -0.25) is 4.98 Å². The fourth-order valence-electron chi connectivity index (χ4n) is 4.80. The van der Waals surface area contributed by atoms with Crippen molar-refractivity contribution in [3.05, 3.63) is 89.6 Å². The highest BCUT2D eigenvalue weighted by atomic mass is 14.7. The maximum Gasteiger partial charge on any atom is 0.0786 e. The molecule has 0 saturated carbocycles. The molecule has 1 nitrogen and oxygen atoms in total. The second-order valence-electron chi connectivity index (χ2n) is 9.52. The Morgan fingerprint density at radius 3 is 2.13 bits per heavy atom. The van der Waals surface area contributed by atoms with Crippen molar-refractivity contribution in [1.29, 1.82) is 0 Å². The van der Waals surface area contributed by atoms with Crippen LogP contribution < -0.4 is 0 Å². The quantitative estimate of drug-likeness (QED) is 0.264. The average Bonchev–Trinajstić information content (AvgIpc) is 2.71. The third kappa shape index (κ3) is 2.97. The van der Waals surface area contributed by atoms with Gasteiger partial charge in [0.25, 0.3) is 0 Å². The number of aryl methyl sites for hydroxylation is 2. The van der Waals surface area contributed by atoms with Crippen LogP contribution in [0, 0.1) is 13.8 Å². The molecule has 0 aliphatic rings. The Labute approximate surface area is 178 Å². The molecule has 0 N–H and O–H groups in total. The van der Waals surface area contributed by atoms with Crippen LogP contribution in [-0.4, -0.2) is 4.98 Å². The first-order valence-electron chi connectivity index (χ1n) is 10.7. The van der Waals surface area contributed by atoms with Crippen LogP contribution in [0.25, 0.3) is 43.6 Å². The van der Waals surface area contributed by atoms with Crippen LogP contribution in [0.3, 0.4) is 0 Å². The molecular weight excluding hydrogens is 362 g/mol. The molecule has 1 heterocycles. The highest BCUT2D eigenvalue weighted by Gasteiger charge is 2.21. The number of rotatable bonds is 1. The SMILES string of the molecule is Cc1cc(C)cc(-c2nccc3cc(C(C)(C)C)c4c5ccccc5ccc4c23)c1. The molecule has 1 heteroatoms. The summed E-state index contributed by atoms with van der Waals surface area (Å²) in [6.07, 6.45) is 1.95. The van der Waals surface area contributed by atoms with E-state index >= 15 is 0 Å². The predicted molar refractivity (Wildman–Crippen MR) is 130 cm³/mol. The molecule has 1 aromatic heterocycles. The number of nitrogens with zero attached hydrogens (tertiary/aromatic N) is 1. The number of fused-ring (bicyclic) bond motifs is 5. The molecule has 0 unspecified atom stereocenters. The van der Waals surface area contributed by atoms with Crippen LogP contribution in [0.15, 0.2) is 72.9 Å². The number of hydrogen-bond acceptors (Lipinski definition) is 1. The van der Waals surface area contributed by atoms with Crippen molar-refractivity contribution >= 4 is 32.3 Å². The lowest BCUT2D eigenvalue weighted by Crippen LogP contribution is -2.12. The summed E-state index contributed by atoms with van der Waals surface area (Å²) in [5, 5.41) is 7.75. The topological polar surface area (TPSA) is 12.9 Å². The zero-order valence-electron chi connectivity index (χ0n) is 18.4. The van der Waals surface area contributed by atoms with E-state index in [1.54, 1.807) is 0 Å². The van der Waals surface area contributed by atoms with Gasteiger partial charge in [0, 0.05) is 17.1 Å². The maximum atomic E-state index is 4.88. The van der Waals surface area contributed by atoms with Crippen LogP contribution in [0.4, 0.5) is 0 Å². The molecule has 5 aromatic rings. The van der Waals surface area contributed by atoms with Gasteiger partial charge in [0.15, 0.2) is 0 Å². The fourth-order valence-corrected chi connectivity index (χ4v) is 4.80. The summed E-state index contributed by atoms with van der Waals surface area (Å²) in [5.41, 5.74) is 6.23. The van der Waals surface area contributed by atoms with Crippen LogP contribution in [-0.2, 0) is 5.41 Å². The molecule has 0 amide bonds. The van der Waals surface area contributed by atoms with Crippen molar-refractivity contribution in [3.8, 4) is 11.3 Å². The molecule has 30 heavy (non-hydrogen) atoms. The van der Waals surface area contributed by atoms with Gasteiger partial charge in [-0.15, -0.1) is 0 Å². The maximum absolute atomic E-state index is 4.88. The predicted octanol–water partition coefficient (Wildman–Crippen LogP) is 8.12.